The number of aliphatic hydroxyl groups is 1. The molecule has 2 amide bonds. The summed E-state index contributed by atoms with van der Waals surface area (Å²) in [5.41, 5.74) is 1.63. The van der Waals surface area contributed by atoms with Gasteiger partial charge in [-0.05, 0) is 94.7 Å². The minimum Gasteiger partial charge on any atom is -0.491 e. The summed E-state index contributed by atoms with van der Waals surface area (Å²) < 4.78 is 17.4. The maximum absolute atomic E-state index is 13.4. The van der Waals surface area contributed by atoms with E-state index in [1.165, 1.54) is 12.0 Å². The molecule has 0 spiro atoms. The molecule has 2 N–H and O–H groups in total. The molecule has 8 nitrogen and oxygen atoms in total. The third kappa shape index (κ3) is 9.95. The Morgan fingerprint density at radius 2 is 1.71 bits per heavy atom. The maximum Gasteiger partial charge on any atom is 0.410 e. The summed E-state index contributed by atoms with van der Waals surface area (Å²) in [4.78, 5) is 27.5. The van der Waals surface area contributed by atoms with Crippen LogP contribution in [-0.2, 0) is 22.4 Å². The summed E-state index contributed by atoms with van der Waals surface area (Å²) in [6, 6.07) is 15.4. The highest BCUT2D eigenvalue weighted by Gasteiger charge is 2.32. The van der Waals surface area contributed by atoms with Gasteiger partial charge in [0.2, 0.25) is 0 Å². The van der Waals surface area contributed by atoms with Crippen molar-refractivity contribution in [2.45, 2.75) is 102 Å². The standard InChI is InChI=1S/C33H46N2O6/c1-33(2,3)41-32(38)35(21-28(36)22-39-29-15-8-5-9-16-29)27-14-10-11-24-17-18-30(20-25(24)19-27)40-23-31(37)34-26-12-6-4-7-13-26/h5,8-9,15-18,20,26-28,36H,4,6-7,10-14,19,21-23H2,1-3H3,(H,34,37)/t27?,28-/m0/s1. The van der Waals surface area contributed by atoms with E-state index >= 15 is 0 Å². The minimum absolute atomic E-state index is 0.0175. The number of aliphatic hydroxyl groups excluding tert-OH is 1. The van der Waals surface area contributed by atoms with Gasteiger partial charge in [0, 0.05) is 12.1 Å². The molecule has 0 bridgehead atoms. The summed E-state index contributed by atoms with van der Waals surface area (Å²) in [6.07, 6.45) is 7.47. The quantitative estimate of drug-likeness (QED) is 0.372. The lowest BCUT2D eigenvalue weighted by atomic mass is 9.95. The van der Waals surface area contributed by atoms with Crippen molar-refractivity contribution in [1.82, 2.24) is 10.2 Å². The molecular weight excluding hydrogens is 520 g/mol. The van der Waals surface area contributed by atoms with Gasteiger partial charge in [-0.2, -0.15) is 0 Å². The highest BCUT2D eigenvalue weighted by atomic mass is 16.6. The summed E-state index contributed by atoms with van der Waals surface area (Å²) in [5.74, 6) is 1.22. The number of benzene rings is 2. The van der Waals surface area contributed by atoms with Gasteiger partial charge < -0.3 is 29.5 Å². The highest BCUT2D eigenvalue weighted by Crippen LogP contribution is 2.28. The molecule has 0 radical (unpaired) electrons. The van der Waals surface area contributed by atoms with Gasteiger partial charge >= 0.3 is 6.09 Å². The van der Waals surface area contributed by atoms with Crippen LogP contribution in [0.3, 0.4) is 0 Å². The Hall–Kier alpha value is -3.26. The normalized spacial score (nSPS) is 18.4. The first-order valence-corrected chi connectivity index (χ1v) is 15.1. The zero-order valence-electron chi connectivity index (χ0n) is 24.8. The van der Waals surface area contributed by atoms with Crippen LogP contribution in [0.1, 0.15) is 76.8 Å². The number of nitrogens with one attached hydrogen (secondary N) is 1. The lowest BCUT2D eigenvalue weighted by Crippen LogP contribution is -2.48. The van der Waals surface area contributed by atoms with Crippen LogP contribution >= 0.6 is 0 Å². The monoisotopic (exact) mass is 566 g/mol. The lowest BCUT2D eigenvalue weighted by Gasteiger charge is -2.34. The molecule has 1 fully saturated rings. The number of carbonyl (C=O) groups is 2. The molecule has 2 aliphatic carbocycles. The number of amides is 2. The summed E-state index contributed by atoms with van der Waals surface area (Å²) in [7, 11) is 0. The fraction of sp³-hybridized carbons (Fsp3) is 0.576. The molecule has 0 aliphatic heterocycles. The third-order valence-electron chi connectivity index (χ3n) is 7.62. The molecule has 0 heterocycles. The van der Waals surface area contributed by atoms with Gasteiger partial charge in [0.1, 0.15) is 29.8 Å². The molecule has 1 saturated carbocycles. The summed E-state index contributed by atoms with van der Waals surface area (Å²) in [6.45, 7) is 5.67. The van der Waals surface area contributed by atoms with Crippen LogP contribution in [-0.4, -0.2) is 65.6 Å². The number of fused-ring (bicyclic) bond motifs is 1. The van der Waals surface area contributed by atoms with Gasteiger partial charge in [-0.1, -0.05) is 43.5 Å². The first kappa shape index (κ1) is 30.7. The zero-order chi connectivity index (χ0) is 29.2. The van der Waals surface area contributed by atoms with E-state index < -0.39 is 17.8 Å². The molecule has 0 aromatic heterocycles. The number of para-hydroxylation sites is 1. The average Bonchev–Trinajstić information content (AvgIpc) is 3.16. The van der Waals surface area contributed by atoms with Gasteiger partial charge in [0.05, 0.1) is 6.54 Å². The SMILES string of the molecule is CC(C)(C)OC(=O)N(C[C@H](O)COc1ccccc1)C1CCCc2ccc(OCC(=O)NC3CCCCC3)cc2C1. The maximum atomic E-state index is 13.4. The van der Waals surface area contributed by atoms with E-state index in [0.29, 0.717) is 17.9 Å². The lowest BCUT2D eigenvalue weighted by molar-refractivity contribution is -0.124. The molecule has 2 aromatic carbocycles. The average molecular weight is 567 g/mol. The number of nitrogens with zero attached hydrogens (tertiary/aromatic N) is 1. The van der Waals surface area contributed by atoms with Gasteiger partial charge in [0.15, 0.2) is 6.61 Å². The molecule has 224 valence electrons. The predicted molar refractivity (Wildman–Crippen MR) is 158 cm³/mol. The van der Waals surface area contributed by atoms with Crippen LogP contribution < -0.4 is 14.8 Å². The van der Waals surface area contributed by atoms with E-state index in [4.69, 9.17) is 14.2 Å². The summed E-state index contributed by atoms with van der Waals surface area (Å²) in [5, 5.41) is 14.0. The predicted octanol–water partition coefficient (Wildman–Crippen LogP) is 5.44. The number of hydrogen-bond donors (Lipinski definition) is 2. The molecule has 1 unspecified atom stereocenters. The minimum atomic E-state index is -0.886. The van der Waals surface area contributed by atoms with Crippen LogP contribution in [0, 0.1) is 0 Å². The van der Waals surface area contributed by atoms with E-state index in [-0.39, 0.29) is 37.7 Å². The molecule has 2 aromatic rings. The molecule has 8 heteroatoms. The van der Waals surface area contributed by atoms with Crippen LogP contribution in [0.5, 0.6) is 11.5 Å². The first-order chi connectivity index (χ1) is 19.7. The number of ether oxygens (including phenoxy) is 3. The molecule has 41 heavy (non-hydrogen) atoms. The van der Waals surface area contributed by atoms with Crippen LogP contribution in [0.2, 0.25) is 0 Å². The van der Waals surface area contributed by atoms with E-state index in [1.807, 2.05) is 63.2 Å². The Kier molecular flexibility index (Phi) is 10.9. The fourth-order valence-corrected chi connectivity index (χ4v) is 5.62. The van der Waals surface area contributed by atoms with Crippen LogP contribution in [0.25, 0.3) is 0 Å². The van der Waals surface area contributed by atoms with Crippen LogP contribution in [0.4, 0.5) is 4.79 Å². The van der Waals surface area contributed by atoms with Gasteiger partial charge in [-0.3, -0.25) is 4.79 Å². The van der Waals surface area contributed by atoms with E-state index in [1.54, 1.807) is 4.90 Å². The number of carbonyl (C=O) groups excluding carboxylic acids is 2. The van der Waals surface area contributed by atoms with Crippen molar-refractivity contribution in [3.63, 3.8) is 0 Å². The van der Waals surface area contributed by atoms with Crippen molar-refractivity contribution in [3.05, 3.63) is 59.7 Å². The fourth-order valence-electron chi connectivity index (χ4n) is 5.62. The molecule has 4 rings (SSSR count). The van der Waals surface area contributed by atoms with Crippen LogP contribution in [0.15, 0.2) is 48.5 Å². The second-order valence-electron chi connectivity index (χ2n) is 12.3. The van der Waals surface area contributed by atoms with Crippen molar-refractivity contribution in [2.24, 2.45) is 0 Å². The Labute approximate surface area is 244 Å². The molecule has 2 atom stereocenters. The Balaban J connectivity index is 1.41. The van der Waals surface area contributed by atoms with E-state index in [0.717, 1.165) is 50.5 Å². The Morgan fingerprint density at radius 3 is 2.44 bits per heavy atom. The Bertz CT molecular complexity index is 1130. The molecule has 0 saturated heterocycles. The van der Waals surface area contributed by atoms with Gasteiger partial charge in [-0.15, -0.1) is 0 Å². The van der Waals surface area contributed by atoms with Crippen molar-refractivity contribution in [1.29, 1.82) is 0 Å². The topological polar surface area (TPSA) is 97.3 Å². The van der Waals surface area contributed by atoms with Crippen molar-refractivity contribution >= 4 is 12.0 Å². The zero-order valence-corrected chi connectivity index (χ0v) is 24.8. The number of rotatable bonds is 10. The molecular formula is C33H46N2O6. The molecule has 2 aliphatic rings. The van der Waals surface area contributed by atoms with Crippen molar-refractivity contribution in [3.8, 4) is 11.5 Å². The Morgan fingerprint density at radius 1 is 0.951 bits per heavy atom. The van der Waals surface area contributed by atoms with Crippen molar-refractivity contribution < 1.29 is 28.9 Å². The summed E-state index contributed by atoms with van der Waals surface area (Å²) >= 11 is 0. The number of aryl methyl sites for hydroxylation is 1. The van der Waals surface area contributed by atoms with E-state index in [2.05, 4.69) is 11.4 Å². The largest absolute Gasteiger partial charge is 0.491 e. The van der Waals surface area contributed by atoms with Gasteiger partial charge in [0.25, 0.3) is 5.91 Å². The van der Waals surface area contributed by atoms with Gasteiger partial charge in [-0.25, -0.2) is 4.79 Å². The smallest absolute Gasteiger partial charge is 0.410 e. The van der Waals surface area contributed by atoms with E-state index in [9.17, 15) is 14.7 Å². The third-order valence-corrected chi connectivity index (χ3v) is 7.62. The second kappa shape index (κ2) is 14.6. The number of hydrogen-bond acceptors (Lipinski definition) is 6. The van der Waals surface area contributed by atoms with Crippen molar-refractivity contribution in [2.75, 3.05) is 19.8 Å². The highest BCUT2D eigenvalue weighted by molar-refractivity contribution is 5.77. The first-order valence-electron chi connectivity index (χ1n) is 15.1. The second-order valence-corrected chi connectivity index (χ2v) is 12.3.